The second-order valence-corrected chi connectivity index (χ2v) is 18.4. The molecule has 0 saturated carbocycles. The summed E-state index contributed by atoms with van der Waals surface area (Å²) in [6.07, 6.45) is -3.22. The lowest BCUT2D eigenvalue weighted by molar-refractivity contribution is -0.109. The van der Waals surface area contributed by atoms with Crippen LogP contribution >= 0.6 is 136 Å². The predicted molar refractivity (Wildman–Crippen MR) is 257 cm³/mol. The van der Waals surface area contributed by atoms with Crippen LogP contribution in [0.3, 0.4) is 0 Å². The minimum atomic E-state index is -1.86. The van der Waals surface area contributed by atoms with Crippen LogP contribution in [0.4, 0.5) is 11.4 Å². The molecule has 2 rings (SSSR count). The maximum Gasteiger partial charge on any atom is 0.256 e. The van der Waals surface area contributed by atoms with Crippen LogP contribution in [-0.4, -0.2) is 177 Å². The van der Waals surface area contributed by atoms with Crippen molar-refractivity contribution >= 4 is 183 Å². The molecule has 0 aliphatic carbocycles. The number of anilines is 2. The molecule has 0 fully saturated rings. The predicted octanol–water partition coefficient (Wildman–Crippen LogP) is -1.56. The van der Waals surface area contributed by atoms with Gasteiger partial charge in [-0.05, 0) is 136 Å². The molecule has 58 heavy (non-hydrogen) atoms. The number of hydrogen-bond donors (Lipinski definition) is 10. The molecule has 322 valence electrons. The van der Waals surface area contributed by atoms with Crippen molar-refractivity contribution in [3.63, 3.8) is 0 Å². The van der Waals surface area contributed by atoms with E-state index in [2.05, 4.69) is 0 Å². The van der Waals surface area contributed by atoms with Crippen LogP contribution in [0.2, 0.25) is 0 Å². The van der Waals surface area contributed by atoms with E-state index in [1.165, 1.54) is 0 Å². The summed E-state index contributed by atoms with van der Waals surface area (Å²) in [5.74, 6) is -3.69. The van der Waals surface area contributed by atoms with Crippen molar-refractivity contribution in [3.05, 3.63) is 43.7 Å². The fraction of sp³-hybridized carbons (Fsp3) is 0.438. The number of carbonyl (C=O) groups is 6. The average Bonchev–Trinajstić information content (AvgIpc) is 3.16. The molecule has 2 unspecified atom stereocenters. The van der Waals surface area contributed by atoms with Crippen molar-refractivity contribution in [1.29, 1.82) is 0 Å². The highest BCUT2D eigenvalue weighted by Gasteiger charge is 2.37. The zero-order chi connectivity index (χ0) is 44.3. The fourth-order valence-corrected chi connectivity index (χ4v) is 15.1. The normalized spacial score (nSPS) is 12.3. The molecule has 0 radical (unpaired) electrons. The van der Waals surface area contributed by atoms with Crippen molar-refractivity contribution in [2.24, 2.45) is 11.5 Å². The molecule has 2 aromatic carbocycles. The van der Waals surface area contributed by atoms with Gasteiger partial charge in [0.05, 0.1) is 125 Å². The highest BCUT2D eigenvalue weighted by atomic mass is 127. The summed E-state index contributed by atoms with van der Waals surface area (Å²) < 4.78 is 0.370. The summed E-state index contributed by atoms with van der Waals surface area (Å²) >= 11 is 10.3. The zero-order valence-electron chi connectivity index (χ0n) is 29.8. The maximum atomic E-state index is 14.0. The molecule has 0 aliphatic heterocycles. The number of aliphatic hydroxyl groups is 8. The lowest BCUT2D eigenvalue weighted by atomic mass is 10.0. The van der Waals surface area contributed by atoms with Gasteiger partial charge in [-0.25, -0.2) is 0 Å². The first kappa shape index (κ1) is 53.5. The Balaban J connectivity index is 2.72. The number of nitrogens with two attached hydrogens (primary N) is 2. The Morgan fingerprint density at radius 2 is 0.793 bits per heavy atom. The number of nitrogens with zero attached hydrogens (tertiary/aromatic N) is 4. The zero-order valence-corrected chi connectivity index (χ0v) is 42.7. The molecule has 0 aliphatic rings. The van der Waals surface area contributed by atoms with Gasteiger partial charge < -0.3 is 71.9 Å². The van der Waals surface area contributed by atoms with Gasteiger partial charge in [-0.1, -0.05) is 0 Å². The Labute approximate surface area is 412 Å². The molecular formula is C32H38I6N6O14. The van der Waals surface area contributed by atoms with E-state index >= 15 is 0 Å². The SMILES string of the molecule is NC(=O)c1c(I)c(C(=O)N(CCO)C(CO)CO)c(I)c(N(C=O)CC(O)C(O)CN(C=O)c2c(I)c(C(N)=O)c(I)c(C(=O)N(CCO)C(CO)CO)c2I)c1I. The molecule has 0 heterocycles. The van der Waals surface area contributed by atoms with Gasteiger partial charge in [-0.3, -0.25) is 28.8 Å². The Morgan fingerprint density at radius 1 is 0.517 bits per heavy atom. The minimum Gasteiger partial charge on any atom is -0.395 e. The third-order valence-electron chi connectivity index (χ3n) is 8.48. The number of primary amides is 2. The number of amides is 6. The van der Waals surface area contributed by atoms with Gasteiger partial charge in [0.25, 0.3) is 23.6 Å². The van der Waals surface area contributed by atoms with Crippen LogP contribution in [0.1, 0.15) is 41.4 Å². The fourth-order valence-electron chi connectivity index (χ4n) is 5.55. The first-order valence-corrected chi connectivity index (χ1v) is 22.9. The molecule has 0 bridgehead atoms. The summed E-state index contributed by atoms with van der Waals surface area (Å²) in [4.78, 5) is 82.5. The third kappa shape index (κ3) is 11.9. The van der Waals surface area contributed by atoms with Crippen molar-refractivity contribution < 1.29 is 69.6 Å². The second kappa shape index (κ2) is 24.8. The van der Waals surface area contributed by atoms with Crippen LogP contribution in [0.15, 0.2) is 0 Å². The second-order valence-electron chi connectivity index (χ2n) is 11.9. The highest BCUT2D eigenvalue weighted by Crippen LogP contribution is 2.40. The van der Waals surface area contributed by atoms with E-state index in [4.69, 9.17) is 11.5 Å². The first-order chi connectivity index (χ1) is 27.3. The standard InChI is InChI=1S/C32H38I6N6O14/c33-21-17(29(39)55)23(35)27(25(37)19(21)31(57)43(1-3-45)13(7-47)8-48)41(11-51)5-15(53)16(54)6-42(12-52)28-24(36)18(30(40)56)22(34)20(26(28)38)32(58)44(2-4-46)14(9-49)10-50/h11-16,45-50,53-54H,1-10H2,(H2,39,55)(H2,40,56). The van der Waals surface area contributed by atoms with Crippen LogP contribution in [-0.2, 0) is 9.59 Å². The van der Waals surface area contributed by atoms with E-state index in [0.29, 0.717) is 0 Å². The smallest absolute Gasteiger partial charge is 0.256 e. The lowest BCUT2D eigenvalue weighted by Gasteiger charge is -2.33. The van der Waals surface area contributed by atoms with Gasteiger partial charge in [0.15, 0.2) is 0 Å². The van der Waals surface area contributed by atoms with Crippen molar-refractivity contribution in [1.82, 2.24) is 9.80 Å². The van der Waals surface area contributed by atoms with Gasteiger partial charge in [0.2, 0.25) is 12.8 Å². The molecule has 26 heteroatoms. The monoisotopic (exact) mass is 1490 g/mol. The van der Waals surface area contributed by atoms with Crippen LogP contribution < -0.4 is 21.3 Å². The minimum absolute atomic E-state index is 0.0518. The van der Waals surface area contributed by atoms with E-state index in [0.717, 1.165) is 19.6 Å². The van der Waals surface area contributed by atoms with Gasteiger partial charge in [-0.2, -0.15) is 0 Å². The third-order valence-corrected chi connectivity index (χ3v) is 14.8. The average molecular weight is 1490 g/mol. The Hall–Kier alpha value is -0.680. The van der Waals surface area contributed by atoms with E-state index in [1.54, 1.807) is 136 Å². The van der Waals surface area contributed by atoms with Crippen LogP contribution in [0, 0.1) is 21.4 Å². The Kier molecular flexibility index (Phi) is 22.9. The number of hydrogen-bond acceptors (Lipinski definition) is 14. The molecular weight excluding hydrogens is 1450 g/mol. The van der Waals surface area contributed by atoms with E-state index in [9.17, 15) is 69.6 Å². The summed E-state index contributed by atoms with van der Waals surface area (Å²) in [6, 6.07) is -2.31. The molecule has 0 spiro atoms. The first-order valence-electron chi connectivity index (χ1n) is 16.4. The van der Waals surface area contributed by atoms with Crippen LogP contribution in [0.25, 0.3) is 0 Å². The van der Waals surface area contributed by atoms with E-state index in [1.807, 2.05) is 0 Å². The quantitative estimate of drug-likeness (QED) is 0.0445. The van der Waals surface area contributed by atoms with E-state index in [-0.39, 0.29) is 81.0 Å². The Bertz CT molecular complexity index is 1740. The van der Waals surface area contributed by atoms with Crippen molar-refractivity contribution in [2.75, 3.05) is 75.6 Å². The summed E-state index contributed by atoms with van der Waals surface area (Å²) in [5.41, 5.74) is 10.5. The Morgan fingerprint density at radius 3 is 1.02 bits per heavy atom. The van der Waals surface area contributed by atoms with Gasteiger partial charge in [0.1, 0.15) is 0 Å². The van der Waals surface area contributed by atoms with Gasteiger partial charge in [-0.15, -0.1) is 0 Å². The summed E-state index contributed by atoms with van der Waals surface area (Å²) in [5, 5.41) is 81.2. The number of carbonyl (C=O) groups excluding carboxylic acids is 6. The number of aliphatic hydroxyl groups excluding tert-OH is 8. The summed E-state index contributed by atoms with van der Waals surface area (Å²) in [6.45, 7) is -5.93. The number of halogens is 6. The largest absolute Gasteiger partial charge is 0.395 e. The van der Waals surface area contributed by atoms with Crippen molar-refractivity contribution in [2.45, 2.75) is 24.3 Å². The summed E-state index contributed by atoms with van der Waals surface area (Å²) in [7, 11) is 0. The molecule has 2 atom stereocenters. The highest BCUT2D eigenvalue weighted by molar-refractivity contribution is 14.1. The van der Waals surface area contributed by atoms with Crippen LogP contribution in [0.5, 0.6) is 0 Å². The number of benzene rings is 2. The maximum absolute atomic E-state index is 14.0. The molecule has 2 aromatic rings. The molecule has 0 saturated heterocycles. The lowest BCUT2D eigenvalue weighted by Crippen LogP contribution is -2.47. The van der Waals surface area contributed by atoms with Crippen molar-refractivity contribution in [3.8, 4) is 0 Å². The van der Waals surface area contributed by atoms with Gasteiger partial charge in [0, 0.05) is 20.2 Å². The van der Waals surface area contributed by atoms with Gasteiger partial charge >= 0.3 is 0 Å². The molecule has 20 nitrogen and oxygen atoms in total. The topological polar surface area (TPSA) is 329 Å². The molecule has 6 amide bonds. The molecule has 12 N–H and O–H groups in total. The molecule has 0 aromatic heterocycles. The number of rotatable bonds is 23. The van der Waals surface area contributed by atoms with E-state index < -0.39 is 101 Å².